The van der Waals surface area contributed by atoms with E-state index < -0.39 is 21.9 Å². The predicted octanol–water partition coefficient (Wildman–Crippen LogP) is 2.22. The molecule has 9 nitrogen and oxygen atoms in total. The van der Waals surface area contributed by atoms with Crippen molar-refractivity contribution in [3.63, 3.8) is 0 Å². The maximum Gasteiger partial charge on any atom is 0.243 e. The van der Waals surface area contributed by atoms with Crippen molar-refractivity contribution in [1.82, 2.24) is 24.2 Å². The number of rotatable bonds is 5. The Kier molecular flexibility index (Phi) is 5.66. The van der Waals surface area contributed by atoms with Crippen LogP contribution in [-0.4, -0.2) is 52.4 Å². The van der Waals surface area contributed by atoms with E-state index >= 15 is 0 Å². The zero-order valence-electron chi connectivity index (χ0n) is 16.1. The Balaban J connectivity index is 1.54. The topological polar surface area (TPSA) is 110 Å². The number of morpholine rings is 1. The Hall–Kier alpha value is -3.02. The van der Waals surface area contributed by atoms with E-state index in [9.17, 15) is 12.8 Å². The zero-order chi connectivity index (χ0) is 21.1. The fraction of sp³-hybridized carbons (Fsp3) is 0.263. The summed E-state index contributed by atoms with van der Waals surface area (Å²) in [5.41, 5.74) is 0.750. The average Bonchev–Trinajstić information content (AvgIpc) is 2.76. The summed E-state index contributed by atoms with van der Waals surface area (Å²) in [6, 6.07) is 5.46. The number of nitrogens with one attached hydrogen (secondary N) is 1. The van der Waals surface area contributed by atoms with Crippen LogP contribution in [0, 0.1) is 12.7 Å². The minimum absolute atomic E-state index is 0.0461. The van der Waals surface area contributed by atoms with Gasteiger partial charge in [0.2, 0.25) is 16.0 Å². The molecule has 1 atom stereocenters. The van der Waals surface area contributed by atoms with Crippen LogP contribution in [-0.2, 0) is 14.8 Å². The third-order valence-corrected chi connectivity index (χ3v) is 6.45. The highest BCUT2D eigenvalue weighted by Crippen LogP contribution is 2.26. The second-order valence-electron chi connectivity index (χ2n) is 6.66. The molecule has 1 aliphatic heterocycles. The minimum Gasteiger partial charge on any atom is -0.369 e. The molecule has 1 fully saturated rings. The van der Waals surface area contributed by atoms with Gasteiger partial charge in [-0.2, -0.15) is 4.31 Å². The zero-order valence-corrected chi connectivity index (χ0v) is 16.9. The number of halogens is 1. The van der Waals surface area contributed by atoms with E-state index in [0.29, 0.717) is 17.5 Å². The molecule has 3 heterocycles. The van der Waals surface area contributed by atoms with Crippen LogP contribution in [0.15, 0.2) is 53.9 Å². The normalized spacial score (nSPS) is 17.6. The van der Waals surface area contributed by atoms with Crippen LogP contribution >= 0.6 is 0 Å². The summed E-state index contributed by atoms with van der Waals surface area (Å²) in [5, 5.41) is 2.94. The Morgan fingerprint density at radius 1 is 1.23 bits per heavy atom. The van der Waals surface area contributed by atoms with Crippen molar-refractivity contribution in [1.29, 1.82) is 0 Å². The summed E-state index contributed by atoms with van der Waals surface area (Å²) in [4.78, 5) is 16.8. The van der Waals surface area contributed by atoms with Gasteiger partial charge in [-0.25, -0.2) is 27.8 Å². The SMILES string of the molecule is Cc1cc(S(=O)(=O)N2CCOC(c3cncc(Nc4ncccn4)n3)C2)ccc1F. The molecule has 1 aliphatic rings. The summed E-state index contributed by atoms with van der Waals surface area (Å²) < 4.78 is 46.6. The number of hydrogen-bond acceptors (Lipinski definition) is 8. The lowest BCUT2D eigenvalue weighted by Crippen LogP contribution is -2.42. The highest BCUT2D eigenvalue weighted by Gasteiger charge is 2.32. The van der Waals surface area contributed by atoms with Gasteiger partial charge in [-0.15, -0.1) is 0 Å². The molecule has 0 radical (unpaired) electrons. The van der Waals surface area contributed by atoms with Gasteiger partial charge in [0.1, 0.15) is 11.9 Å². The van der Waals surface area contributed by atoms with Crippen molar-refractivity contribution in [2.75, 3.05) is 25.0 Å². The second kappa shape index (κ2) is 8.38. The van der Waals surface area contributed by atoms with E-state index in [1.807, 2.05) is 0 Å². The Morgan fingerprint density at radius 3 is 2.80 bits per heavy atom. The molecule has 30 heavy (non-hydrogen) atoms. The Labute approximate surface area is 173 Å². The third kappa shape index (κ3) is 4.27. The van der Waals surface area contributed by atoms with Crippen LogP contribution in [0.5, 0.6) is 0 Å². The average molecular weight is 430 g/mol. The summed E-state index contributed by atoms with van der Waals surface area (Å²) >= 11 is 0. The van der Waals surface area contributed by atoms with E-state index in [1.165, 1.54) is 35.8 Å². The van der Waals surface area contributed by atoms with E-state index in [4.69, 9.17) is 4.74 Å². The monoisotopic (exact) mass is 430 g/mol. The molecule has 3 aromatic rings. The number of sulfonamides is 1. The van der Waals surface area contributed by atoms with Gasteiger partial charge in [-0.05, 0) is 36.8 Å². The van der Waals surface area contributed by atoms with Gasteiger partial charge in [0.15, 0.2) is 5.82 Å². The van der Waals surface area contributed by atoms with Crippen LogP contribution < -0.4 is 5.32 Å². The number of benzene rings is 1. The molecule has 0 saturated carbocycles. The lowest BCUT2D eigenvalue weighted by molar-refractivity contribution is -0.00506. The maximum absolute atomic E-state index is 13.5. The van der Waals surface area contributed by atoms with Crippen LogP contribution in [0.1, 0.15) is 17.4 Å². The number of nitrogens with zero attached hydrogens (tertiary/aromatic N) is 5. The molecular weight excluding hydrogens is 411 g/mol. The first-order valence-electron chi connectivity index (χ1n) is 9.17. The largest absolute Gasteiger partial charge is 0.369 e. The van der Waals surface area contributed by atoms with Gasteiger partial charge in [0.25, 0.3) is 0 Å². The van der Waals surface area contributed by atoms with Crippen LogP contribution in [0.3, 0.4) is 0 Å². The molecule has 156 valence electrons. The quantitative estimate of drug-likeness (QED) is 0.656. The maximum atomic E-state index is 13.5. The molecule has 11 heteroatoms. The molecule has 1 unspecified atom stereocenters. The first-order chi connectivity index (χ1) is 14.4. The van der Waals surface area contributed by atoms with E-state index in [1.54, 1.807) is 18.5 Å². The number of aromatic nitrogens is 4. The van der Waals surface area contributed by atoms with Crippen molar-refractivity contribution in [2.45, 2.75) is 17.9 Å². The molecule has 1 N–H and O–H groups in total. The van der Waals surface area contributed by atoms with E-state index in [-0.39, 0.29) is 30.2 Å². The lowest BCUT2D eigenvalue weighted by atomic mass is 10.2. The summed E-state index contributed by atoms with van der Waals surface area (Å²) in [6.45, 7) is 1.99. The summed E-state index contributed by atoms with van der Waals surface area (Å²) in [7, 11) is -3.80. The standard InChI is InChI=1S/C19H19FN6O3S/c1-13-9-14(3-4-15(13)20)30(27,28)26-7-8-29-17(12-26)16-10-21-11-18(24-16)25-19-22-5-2-6-23-19/h2-6,9-11,17H,7-8,12H2,1H3,(H,22,23,24,25). The van der Waals surface area contributed by atoms with Gasteiger partial charge in [0.05, 0.1) is 29.6 Å². The molecule has 4 rings (SSSR count). The molecule has 0 aliphatic carbocycles. The Bertz CT molecular complexity index is 1150. The van der Waals surface area contributed by atoms with Crippen molar-refractivity contribution in [2.24, 2.45) is 0 Å². The van der Waals surface area contributed by atoms with Gasteiger partial charge < -0.3 is 10.1 Å². The smallest absolute Gasteiger partial charge is 0.243 e. The van der Waals surface area contributed by atoms with E-state index in [2.05, 4.69) is 25.3 Å². The first kappa shape index (κ1) is 20.3. The molecule has 1 saturated heterocycles. The lowest BCUT2D eigenvalue weighted by Gasteiger charge is -2.31. The second-order valence-corrected chi connectivity index (χ2v) is 8.60. The van der Waals surface area contributed by atoms with Gasteiger partial charge in [0, 0.05) is 25.5 Å². The van der Waals surface area contributed by atoms with Crippen molar-refractivity contribution in [3.8, 4) is 0 Å². The Morgan fingerprint density at radius 2 is 2.03 bits per heavy atom. The van der Waals surface area contributed by atoms with Gasteiger partial charge >= 0.3 is 0 Å². The summed E-state index contributed by atoms with van der Waals surface area (Å²) in [6.07, 6.45) is 5.63. The van der Waals surface area contributed by atoms with Crippen molar-refractivity contribution < 1.29 is 17.5 Å². The van der Waals surface area contributed by atoms with E-state index in [0.717, 1.165) is 6.07 Å². The van der Waals surface area contributed by atoms with Crippen LogP contribution in [0.2, 0.25) is 0 Å². The fourth-order valence-electron chi connectivity index (χ4n) is 3.02. The number of aryl methyl sites for hydroxylation is 1. The highest BCUT2D eigenvalue weighted by atomic mass is 32.2. The first-order valence-corrected chi connectivity index (χ1v) is 10.6. The van der Waals surface area contributed by atoms with Crippen molar-refractivity contribution in [3.05, 3.63) is 66.1 Å². The molecular formula is C19H19FN6O3S. The predicted molar refractivity (Wildman–Crippen MR) is 106 cm³/mol. The fourth-order valence-corrected chi connectivity index (χ4v) is 4.53. The summed E-state index contributed by atoms with van der Waals surface area (Å²) in [5.74, 6) is 0.330. The molecule has 2 aromatic heterocycles. The van der Waals surface area contributed by atoms with Crippen molar-refractivity contribution >= 4 is 21.8 Å². The molecule has 1 aromatic carbocycles. The van der Waals surface area contributed by atoms with Crippen LogP contribution in [0.4, 0.5) is 16.2 Å². The number of hydrogen-bond donors (Lipinski definition) is 1. The van der Waals surface area contributed by atoms with Gasteiger partial charge in [-0.3, -0.25) is 4.98 Å². The number of ether oxygens (including phenoxy) is 1. The van der Waals surface area contributed by atoms with Gasteiger partial charge in [-0.1, -0.05) is 0 Å². The molecule has 0 bridgehead atoms. The highest BCUT2D eigenvalue weighted by molar-refractivity contribution is 7.89. The molecule has 0 spiro atoms. The number of anilines is 2. The minimum atomic E-state index is -3.80. The molecule has 0 amide bonds. The third-order valence-electron chi connectivity index (χ3n) is 4.59. The van der Waals surface area contributed by atoms with Crippen LogP contribution in [0.25, 0.3) is 0 Å².